The third-order valence-corrected chi connectivity index (χ3v) is 2.54. The van der Waals surface area contributed by atoms with Gasteiger partial charge in [0.05, 0.1) is 6.54 Å². The lowest BCUT2D eigenvalue weighted by atomic mass is 9.96. The van der Waals surface area contributed by atoms with Gasteiger partial charge in [-0.2, -0.15) is 0 Å². The van der Waals surface area contributed by atoms with Crippen molar-refractivity contribution in [2.24, 2.45) is 5.41 Å². The number of benzene rings is 1. The van der Waals surface area contributed by atoms with Gasteiger partial charge in [-0.15, -0.1) is 0 Å². The molecule has 3 nitrogen and oxygen atoms in total. The summed E-state index contributed by atoms with van der Waals surface area (Å²) in [7, 11) is 0. The first kappa shape index (κ1) is 15.0. The Hall–Kier alpha value is -2.08. The zero-order chi connectivity index (χ0) is 14.5. The van der Waals surface area contributed by atoms with Crippen molar-refractivity contribution in [3.63, 3.8) is 0 Å². The van der Waals surface area contributed by atoms with E-state index in [0.29, 0.717) is 12.1 Å². The summed E-state index contributed by atoms with van der Waals surface area (Å²) in [5, 5.41) is 2.76. The molecule has 0 aliphatic carbocycles. The summed E-state index contributed by atoms with van der Waals surface area (Å²) in [6.45, 7) is 7.43. The average molecular weight is 257 g/mol. The largest absolute Gasteiger partial charge is 0.345 e. The standard InChI is InChI=1S/C16H19NO2/c1-12(18)14-9-7-13(8-10-14)6-5-11-17-15(19)16(2,3)4/h7-10H,11H2,1-4H3,(H,17,19). The van der Waals surface area contributed by atoms with E-state index in [9.17, 15) is 9.59 Å². The molecule has 1 N–H and O–H groups in total. The number of nitrogens with one attached hydrogen (secondary N) is 1. The molecule has 0 atom stereocenters. The molecule has 0 fully saturated rings. The Morgan fingerprint density at radius 2 is 1.74 bits per heavy atom. The molecule has 0 aliphatic rings. The van der Waals surface area contributed by atoms with Crippen LogP contribution in [0.1, 0.15) is 43.6 Å². The van der Waals surface area contributed by atoms with Crippen molar-refractivity contribution in [2.75, 3.05) is 6.54 Å². The number of ketones is 1. The van der Waals surface area contributed by atoms with E-state index in [1.807, 2.05) is 20.8 Å². The molecule has 1 aromatic carbocycles. The number of hydrogen-bond donors (Lipinski definition) is 1. The lowest BCUT2D eigenvalue weighted by molar-refractivity contribution is -0.128. The minimum atomic E-state index is -0.398. The predicted molar refractivity (Wildman–Crippen MR) is 75.8 cm³/mol. The van der Waals surface area contributed by atoms with Gasteiger partial charge in [0.25, 0.3) is 0 Å². The van der Waals surface area contributed by atoms with Gasteiger partial charge >= 0.3 is 0 Å². The molecule has 0 heterocycles. The van der Waals surface area contributed by atoms with Gasteiger partial charge < -0.3 is 5.32 Å². The van der Waals surface area contributed by atoms with E-state index in [0.717, 1.165) is 5.56 Å². The predicted octanol–water partition coefficient (Wildman–Crippen LogP) is 2.40. The number of Topliss-reactive ketones (excluding diaryl/α,β-unsaturated/α-hetero) is 1. The maximum absolute atomic E-state index is 11.6. The van der Waals surface area contributed by atoms with Crippen molar-refractivity contribution in [1.29, 1.82) is 0 Å². The first-order valence-electron chi connectivity index (χ1n) is 6.19. The molecule has 0 aromatic heterocycles. The van der Waals surface area contributed by atoms with Crippen molar-refractivity contribution in [3.8, 4) is 11.8 Å². The number of rotatable bonds is 2. The normalized spacial score (nSPS) is 10.3. The summed E-state index contributed by atoms with van der Waals surface area (Å²) >= 11 is 0. The van der Waals surface area contributed by atoms with E-state index in [1.54, 1.807) is 24.3 Å². The zero-order valence-corrected chi connectivity index (χ0v) is 11.8. The van der Waals surface area contributed by atoms with Gasteiger partial charge in [-0.1, -0.05) is 44.7 Å². The van der Waals surface area contributed by atoms with Crippen molar-refractivity contribution in [2.45, 2.75) is 27.7 Å². The Morgan fingerprint density at radius 3 is 2.21 bits per heavy atom. The van der Waals surface area contributed by atoms with E-state index in [1.165, 1.54) is 6.92 Å². The summed E-state index contributed by atoms with van der Waals surface area (Å²) in [6.07, 6.45) is 0. The first-order chi connectivity index (χ1) is 8.80. The van der Waals surface area contributed by atoms with Crippen molar-refractivity contribution < 1.29 is 9.59 Å². The van der Waals surface area contributed by atoms with Crippen LogP contribution >= 0.6 is 0 Å². The molecule has 0 bridgehead atoms. The minimum Gasteiger partial charge on any atom is -0.345 e. The van der Waals surface area contributed by atoms with Crippen LogP contribution < -0.4 is 5.32 Å². The van der Waals surface area contributed by atoms with Crippen LogP contribution in [0, 0.1) is 17.3 Å². The fraction of sp³-hybridized carbons (Fsp3) is 0.375. The van der Waals surface area contributed by atoms with Gasteiger partial charge in [-0.05, 0) is 19.1 Å². The Kier molecular flexibility index (Phi) is 4.88. The van der Waals surface area contributed by atoms with E-state index in [4.69, 9.17) is 0 Å². The fourth-order valence-electron chi connectivity index (χ4n) is 1.32. The Balaban J connectivity index is 2.55. The second-order valence-electron chi connectivity index (χ2n) is 5.37. The molecule has 1 amide bonds. The van der Waals surface area contributed by atoms with Gasteiger partial charge in [-0.3, -0.25) is 9.59 Å². The molecule has 0 saturated heterocycles. The molecule has 0 radical (unpaired) electrons. The summed E-state index contributed by atoms with van der Waals surface area (Å²) < 4.78 is 0. The quantitative estimate of drug-likeness (QED) is 0.653. The third kappa shape index (κ3) is 4.97. The molecule has 0 saturated carbocycles. The highest BCUT2D eigenvalue weighted by molar-refractivity contribution is 5.94. The molecule has 3 heteroatoms. The lowest BCUT2D eigenvalue weighted by Crippen LogP contribution is -2.34. The molecule has 1 rings (SSSR count). The second kappa shape index (κ2) is 6.19. The third-order valence-electron chi connectivity index (χ3n) is 2.54. The van der Waals surface area contributed by atoms with Gasteiger partial charge in [0.1, 0.15) is 0 Å². The number of carbonyl (C=O) groups is 2. The monoisotopic (exact) mass is 257 g/mol. The van der Waals surface area contributed by atoms with Gasteiger partial charge in [0.2, 0.25) is 5.91 Å². The highest BCUT2D eigenvalue weighted by Crippen LogP contribution is 2.11. The maximum atomic E-state index is 11.6. The van der Waals surface area contributed by atoms with Gasteiger partial charge in [0, 0.05) is 16.5 Å². The lowest BCUT2D eigenvalue weighted by Gasteiger charge is -2.15. The molecule has 1 aromatic rings. The fourth-order valence-corrected chi connectivity index (χ4v) is 1.32. The molecular weight excluding hydrogens is 238 g/mol. The topological polar surface area (TPSA) is 46.2 Å². The van der Waals surface area contributed by atoms with E-state index >= 15 is 0 Å². The van der Waals surface area contributed by atoms with Crippen molar-refractivity contribution in [1.82, 2.24) is 5.32 Å². The molecule has 19 heavy (non-hydrogen) atoms. The van der Waals surface area contributed by atoms with Crippen LogP contribution in [0.15, 0.2) is 24.3 Å². The van der Waals surface area contributed by atoms with Crippen molar-refractivity contribution >= 4 is 11.7 Å². The smallest absolute Gasteiger partial charge is 0.226 e. The van der Waals surface area contributed by atoms with Crippen LogP contribution in [-0.2, 0) is 4.79 Å². The molecule has 100 valence electrons. The number of carbonyl (C=O) groups excluding carboxylic acids is 2. The Morgan fingerprint density at radius 1 is 1.16 bits per heavy atom. The summed E-state index contributed by atoms with van der Waals surface area (Å²) in [5.41, 5.74) is 1.10. The van der Waals surface area contributed by atoms with Crippen molar-refractivity contribution in [3.05, 3.63) is 35.4 Å². The van der Waals surface area contributed by atoms with Crippen LogP contribution in [-0.4, -0.2) is 18.2 Å². The van der Waals surface area contributed by atoms with Crippen LogP contribution in [0.25, 0.3) is 0 Å². The van der Waals surface area contributed by atoms with Crippen LogP contribution in [0.3, 0.4) is 0 Å². The zero-order valence-electron chi connectivity index (χ0n) is 11.8. The minimum absolute atomic E-state index is 0.0197. The summed E-state index contributed by atoms with van der Waals surface area (Å²) in [4.78, 5) is 22.7. The molecular formula is C16H19NO2. The highest BCUT2D eigenvalue weighted by atomic mass is 16.2. The Bertz CT molecular complexity index is 525. The van der Waals surface area contributed by atoms with Crippen LogP contribution in [0.2, 0.25) is 0 Å². The SMILES string of the molecule is CC(=O)c1ccc(C#CCNC(=O)C(C)(C)C)cc1. The molecule has 0 spiro atoms. The van der Waals surface area contributed by atoms with Crippen LogP contribution in [0.5, 0.6) is 0 Å². The Labute approximate surface area is 114 Å². The van der Waals surface area contributed by atoms with E-state index in [-0.39, 0.29) is 11.7 Å². The highest BCUT2D eigenvalue weighted by Gasteiger charge is 2.19. The van der Waals surface area contributed by atoms with Gasteiger partial charge in [0.15, 0.2) is 5.78 Å². The number of amides is 1. The summed E-state index contributed by atoms with van der Waals surface area (Å²) in [6, 6.07) is 7.10. The molecule has 0 aliphatic heterocycles. The summed E-state index contributed by atoms with van der Waals surface area (Å²) in [5.74, 6) is 5.85. The van der Waals surface area contributed by atoms with E-state index < -0.39 is 5.41 Å². The van der Waals surface area contributed by atoms with E-state index in [2.05, 4.69) is 17.2 Å². The maximum Gasteiger partial charge on any atom is 0.226 e. The number of hydrogen-bond acceptors (Lipinski definition) is 2. The second-order valence-corrected chi connectivity index (χ2v) is 5.37. The van der Waals surface area contributed by atoms with Gasteiger partial charge in [-0.25, -0.2) is 0 Å². The average Bonchev–Trinajstić information content (AvgIpc) is 2.33. The van der Waals surface area contributed by atoms with Crippen LogP contribution in [0.4, 0.5) is 0 Å². The molecule has 0 unspecified atom stereocenters. The first-order valence-corrected chi connectivity index (χ1v) is 6.19.